The minimum Gasteiger partial charge on any atom is -0.321 e. The van der Waals surface area contributed by atoms with Gasteiger partial charge in [0.2, 0.25) is 5.91 Å². The number of anilines is 2. The van der Waals surface area contributed by atoms with E-state index in [0.717, 1.165) is 11.3 Å². The molecule has 2 aromatic carbocycles. The average molecular weight is 394 g/mol. The Bertz CT molecular complexity index is 883. The summed E-state index contributed by atoms with van der Waals surface area (Å²) in [5, 5.41) is 2.68. The second kappa shape index (κ2) is 7.64. The number of thioether (sulfide) groups is 1. The van der Waals surface area contributed by atoms with Crippen molar-refractivity contribution in [1.82, 2.24) is 0 Å². The third kappa shape index (κ3) is 4.63. The number of nitrogens with zero attached hydrogens (tertiary/aromatic N) is 1. The molecular weight excluding hydrogens is 377 g/mol. The first kappa shape index (κ1) is 19.3. The van der Waals surface area contributed by atoms with Crippen LogP contribution in [0.1, 0.15) is 22.8 Å². The molecule has 8 heteroatoms. The van der Waals surface area contributed by atoms with Crippen LogP contribution in [0.25, 0.3) is 0 Å². The van der Waals surface area contributed by atoms with E-state index in [1.807, 2.05) is 0 Å². The summed E-state index contributed by atoms with van der Waals surface area (Å²) in [6, 6.07) is 11.4. The van der Waals surface area contributed by atoms with E-state index in [-0.39, 0.29) is 5.91 Å². The highest BCUT2D eigenvalue weighted by molar-refractivity contribution is 7.99. The number of para-hydroxylation sites is 1. The van der Waals surface area contributed by atoms with Gasteiger partial charge in [0.05, 0.1) is 11.4 Å². The molecule has 142 valence electrons. The molecule has 4 nitrogen and oxygen atoms in total. The molecule has 0 atom stereocenters. The molecule has 3 rings (SSSR count). The van der Waals surface area contributed by atoms with Crippen LogP contribution in [0, 0.1) is 0 Å². The first-order valence-corrected chi connectivity index (χ1v) is 9.24. The molecule has 0 aromatic heterocycles. The minimum atomic E-state index is -4.29. The van der Waals surface area contributed by atoms with Gasteiger partial charge in [-0.05, 0) is 42.3 Å². The van der Waals surface area contributed by atoms with Gasteiger partial charge in [-0.15, -0.1) is 11.8 Å². The van der Waals surface area contributed by atoms with Gasteiger partial charge < -0.3 is 10.2 Å². The average Bonchev–Trinajstić information content (AvgIpc) is 3.03. The fraction of sp³-hybridized carbons (Fsp3) is 0.263. The van der Waals surface area contributed by atoms with E-state index in [1.165, 1.54) is 6.92 Å². The largest absolute Gasteiger partial charge is 0.398 e. The van der Waals surface area contributed by atoms with Gasteiger partial charge in [0.25, 0.3) is 5.91 Å². The van der Waals surface area contributed by atoms with Crippen LogP contribution in [-0.4, -0.2) is 30.3 Å². The summed E-state index contributed by atoms with van der Waals surface area (Å²) in [6.45, 7) is 2.07. The van der Waals surface area contributed by atoms with Crippen molar-refractivity contribution < 1.29 is 22.8 Å². The zero-order chi connectivity index (χ0) is 19.6. The van der Waals surface area contributed by atoms with Crippen molar-refractivity contribution in [1.29, 1.82) is 0 Å². The fourth-order valence-electron chi connectivity index (χ4n) is 2.92. The molecular formula is C19H17F3N2O2S. The zero-order valence-corrected chi connectivity index (χ0v) is 15.3. The summed E-state index contributed by atoms with van der Waals surface area (Å²) in [7, 11) is 0. The maximum atomic E-state index is 12.6. The molecule has 0 unspecified atom stereocenters. The number of hydrogen-bond donors (Lipinski definition) is 1. The topological polar surface area (TPSA) is 49.4 Å². The number of benzene rings is 2. The van der Waals surface area contributed by atoms with Gasteiger partial charge in [-0.1, -0.05) is 12.1 Å². The van der Waals surface area contributed by atoms with Gasteiger partial charge >= 0.3 is 6.18 Å². The van der Waals surface area contributed by atoms with Crippen molar-refractivity contribution in [3.63, 3.8) is 0 Å². The van der Waals surface area contributed by atoms with Crippen molar-refractivity contribution in [2.45, 2.75) is 24.4 Å². The van der Waals surface area contributed by atoms with Gasteiger partial charge in [0.15, 0.2) is 0 Å². The van der Waals surface area contributed by atoms with Crippen LogP contribution >= 0.6 is 11.8 Å². The standard InChI is InChI=1S/C19H17F3N2O2S/c1-12(25)24-9-8-13-10-14(6-7-16(13)24)18(26)23-15-4-2-3-5-17(15)27-11-19(20,21)22/h2-7,10H,8-9,11H2,1H3,(H,23,26). The highest BCUT2D eigenvalue weighted by Crippen LogP contribution is 2.33. The molecule has 0 saturated carbocycles. The zero-order valence-electron chi connectivity index (χ0n) is 14.5. The third-order valence-electron chi connectivity index (χ3n) is 4.14. The molecule has 27 heavy (non-hydrogen) atoms. The maximum absolute atomic E-state index is 12.6. The second-order valence-corrected chi connectivity index (χ2v) is 7.14. The molecule has 0 aliphatic carbocycles. The van der Waals surface area contributed by atoms with Crippen molar-refractivity contribution >= 4 is 35.0 Å². The van der Waals surface area contributed by atoms with Crippen LogP contribution < -0.4 is 10.2 Å². The van der Waals surface area contributed by atoms with Gasteiger partial charge in [0, 0.05) is 29.6 Å². The van der Waals surface area contributed by atoms with Crippen LogP contribution in [0.3, 0.4) is 0 Å². The number of carbonyl (C=O) groups is 2. The van der Waals surface area contributed by atoms with Crippen molar-refractivity contribution in [2.24, 2.45) is 0 Å². The van der Waals surface area contributed by atoms with Crippen LogP contribution in [0.2, 0.25) is 0 Å². The van der Waals surface area contributed by atoms with Crippen LogP contribution in [0.5, 0.6) is 0 Å². The number of halogens is 3. The molecule has 2 amide bonds. The maximum Gasteiger partial charge on any atom is 0.398 e. The van der Waals surface area contributed by atoms with Crippen molar-refractivity contribution in [2.75, 3.05) is 22.5 Å². The predicted molar refractivity (Wildman–Crippen MR) is 99.3 cm³/mol. The fourth-order valence-corrected chi connectivity index (χ4v) is 3.69. The molecule has 0 bridgehead atoms. The van der Waals surface area contributed by atoms with E-state index < -0.39 is 17.8 Å². The summed E-state index contributed by atoms with van der Waals surface area (Å²) in [5.74, 6) is -1.49. The number of fused-ring (bicyclic) bond motifs is 1. The summed E-state index contributed by atoms with van der Waals surface area (Å²) in [4.78, 5) is 26.2. The molecule has 1 aliphatic rings. The van der Waals surface area contributed by atoms with E-state index >= 15 is 0 Å². The molecule has 0 saturated heterocycles. The Labute approximate surface area is 158 Å². The SMILES string of the molecule is CC(=O)N1CCc2cc(C(=O)Nc3ccccc3SCC(F)(F)F)ccc21. The van der Waals surface area contributed by atoms with Gasteiger partial charge in [-0.25, -0.2) is 0 Å². The smallest absolute Gasteiger partial charge is 0.321 e. The Hall–Kier alpha value is -2.48. The Kier molecular flexibility index (Phi) is 5.46. The number of nitrogens with one attached hydrogen (secondary N) is 1. The normalized spacial score (nSPS) is 13.4. The minimum absolute atomic E-state index is 0.0541. The lowest BCUT2D eigenvalue weighted by Gasteiger charge is -2.15. The highest BCUT2D eigenvalue weighted by atomic mass is 32.2. The van der Waals surface area contributed by atoms with Crippen LogP contribution in [0.15, 0.2) is 47.4 Å². The van der Waals surface area contributed by atoms with Crippen LogP contribution in [0.4, 0.5) is 24.5 Å². The molecule has 2 aromatic rings. The number of alkyl halides is 3. The van der Waals surface area contributed by atoms with E-state index in [9.17, 15) is 22.8 Å². The van der Waals surface area contributed by atoms with E-state index in [1.54, 1.807) is 47.4 Å². The second-order valence-electron chi connectivity index (χ2n) is 6.12. The van der Waals surface area contributed by atoms with E-state index in [0.29, 0.717) is 40.9 Å². The molecule has 0 radical (unpaired) electrons. The number of amides is 2. The lowest BCUT2D eigenvalue weighted by Crippen LogP contribution is -2.25. The number of carbonyl (C=O) groups excluding carboxylic acids is 2. The summed E-state index contributed by atoms with van der Waals surface area (Å²) >= 11 is 0.631. The Balaban J connectivity index is 1.76. The molecule has 0 spiro atoms. The van der Waals surface area contributed by atoms with Crippen molar-refractivity contribution in [3.05, 3.63) is 53.6 Å². The van der Waals surface area contributed by atoms with Crippen molar-refractivity contribution in [3.8, 4) is 0 Å². The van der Waals surface area contributed by atoms with Gasteiger partial charge in [-0.3, -0.25) is 9.59 Å². The first-order valence-electron chi connectivity index (χ1n) is 8.25. The van der Waals surface area contributed by atoms with Crippen LogP contribution in [-0.2, 0) is 11.2 Å². The lowest BCUT2D eigenvalue weighted by atomic mass is 10.1. The van der Waals surface area contributed by atoms with Gasteiger partial charge in [-0.2, -0.15) is 13.2 Å². The molecule has 1 aliphatic heterocycles. The third-order valence-corrected chi connectivity index (χ3v) is 5.28. The molecule has 1 heterocycles. The Morgan fingerprint density at radius 3 is 2.63 bits per heavy atom. The number of rotatable bonds is 4. The highest BCUT2D eigenvalue weighted by Gasteiger charge is 2.28. The van der Waals surface area contributed by atoms with E-state index in [2.05, 4.69) is 5.32 Å². The lowest BCUT2D eigenvalue weighted by molar-refractivity contribution is -0.116. The predicted octanol–water partition coefficient (Wildman–Crippen LogP) is 4.50. The summed E-state index contributed by atoms with van der Waals surface area (Å²) in [5.41, 5.74) is 2.43. The monoisotopic (exact) mass is 394 g/mol. The summed E-state index contributed by atoms with van der Waals surface area (Å²) in [6.07, 6.45) is -3.63. The number of hydrogen-bond acceptors (Lipinski definition) is 3. The van der Waals surface area contributed by atoms with Gasteiger partial charge in [0.1, 0.15) is 0 Å². The quantitative estimate of drug-likeness (QED) is 0.777. The summed E-state index contributed by atoms with van der Waals surface area (Å²) < 4.78 is 37.4. The van der Waals surface area contributed by atoms with E-state index in [4.69, 9.17) is 0 Å². The Morgan fingerprint density at radius 2 is 1.93 bits per heavy atom. The molecule has 1 N–H and O–H groups in total. The molecule has 0 fully saturated rings. The first-order chi connectivity index (χ1) is 12.7. The Morgan fingerprint density at radius 1 is 1.19 bits per heavy atom.